The number of nitrogens with two attached hydrogens (primary N) is 1. The number of carbonyl (C=O) groups is 1. The Labute approximate surface area is 91.6 Å². The fourth-order valence-corrected chi connectivity index (χ4v) is 2.54. The van der Waals surface area contributed by atoms with Gasteiger partial charge in [0.25, 0.3) is 0 Å². The molecule has 0 radical (unpaired) electrons. The number of carbonyl (C=O) groups excluding carboxylic acids is 1. The number of nitrogens with zero attached hydrogens (tertiary/aromatic N) is 1. The summed E-state index contributed by atoms with van der Waals surface area (Å²) < 4.78 is 0. The highest BCUT2D eigenvalue weighted by Crippen LogP contribution is 2.12. The lowest BCUT2D eigenvalue weighted by molar-refractivity contribution is -0.883. The third-order valence-corrected chi connectivity index (χ3v) is 3.72. The van der Waals surface area contributed by atoms with E-state index in [2.05, 4.69) is 17.3 Å². The minimum Gasteiger partial charge on any atom is -0.346 e. The number of rotatable bonds is 1. The molecular weight excluding hydrogens is 190 g/mol. The largest absolute Gasteiger partial charge is 0.346 e. The third kappa shape index (κ3) is 2.69. The second-order valence-electron chi connectivity index (χ2n) is 4.92. The van der Waals surface area contributed by atoms with Crippen LogP contribution in [-0.2, 0) is 4.79 Å². The molecule has 2 fully saturated rings. The molecular formula is C11H23N3O+2. The van der Waals surface area contributed by atoms with Crippen molar-refractivity contribution in [3.63, 3.8) is 0 Å². The Morgan fingerprint density at radius 1 is 1.27 bits per heavy atom. The van der Waals surface area contributed by atoms with Gasteiger partial charge in [0.05, 0.1) is 46.3 Å². The summed E-state index contributed by atoms with van der Waals surface area (Å²) in [5, 5.41) is 2.32. The summed E-state index contributed by atoms with van der Waals surface area (Å²) in [6, 6.07) is 0. The number of piperazine rings is 1. The molecule has 2 aliphatic rings. The maximum absolute atomic E-state index is 12.2. The second-order valence-corrected chi connectivity index (χ2v) is 4.92. The summed E-state index contributed by atoms with van der Waals surface area (Å²) in [5.74, 6) is 0.754. The van der Waals surface area contributed by atoms with Gasteiger partial charge in [-0.05, 0) is 0 Å². The average Bonchev–Trinajstić information content (AvgIpc) is 2.30. The molecule has 0 saturated carbocycles. The van der Waals surface area contributed by atoms with E-state index in [1.807, 2.05) is 0 Å². The van der Waals surface area contributed by atoms with Gasteiger partial charge in [-0.25, -0.2) is 0 Å². The molecule has 86 valence electrons. The molecule has 2 saturated heterocycles. The van der Waals surface area contributed by atoms with Crippen molar-refractivity contribution >= 4 is 5.91 Å². The van der Waals surface area contributed by atoms with E-state index >= 15 is 0 Å². The van der Waals surface area contributed by atoms with Crippen LogP contribution in [0.1, 0.15) is 12.8 Å². The molecule has 0 aromatic carbocycles. The first kappa shape index (κ1) is 10.9. The van der Waals surface area contributed by atoms with E-state index in [0.29, 0.717) is 11.8 Å². The van der Waals surface area contributed by atoms with Crippen molar-refractivity contribution in [3.8, 4) is 0 Å². The van der Waals surface area contributed by atoms with E-state index in [-0.39, 0.29) is 0 Å². The molecule has 4 nitrogen and oxygen atoms in total. The molecule has 1 amide bonds. The summed E-state index contributed by atoms with van der Waals surface area (Å²) in [7, 11) is 2.21. The Morgan fingerprint density at radius 3 is 2.47 bits per heavy atom. The smallest absolute Gasteiger partial charge is 0.226 e. The van der Waals surface area contributed by atoms with Gasteiger partial charge in [-0.15, -0.1) is 0 Å². The zero-order chi connectivity index (χ0) is 10.7. The predicted molar refractivity (Wildman–Crippen MR) is 57.6 cm³/mol. The first-order valence-corrected chi connectivity index (χ1v) is 6.19. The Bertz CT molecular complexity index is 218. The average molecular weight is 213 g/mol. The molecule has 0 unspecified atom stereocenters. The van der Waals surface area contributed by atoms with Crippen LogP contribution < -0.4 is 10.2 Å². The number of hydrogen-bond acceptors (Lipinski definition) is 1. The van der Waals surface area contributed by atoms with Gasteiger partial charge in [-0.1, -0.05) is 0 Å². The van der Waals surface area contributed by atoms with Crippen LogP contribution in [0.2, 0.25) is 0 Å². The van der Waals surface area contributed by atoms with Crippen molar-refractivity contribution < 1.29 is 15.0 Å². The number of amides is 1. The summed E-state index contributed by atoms with van der Waals surface area (Å²) in [5.41, 5.74) is 0. The van der Waals surface area contributed by atoms with E-state index in [9.17, 15) is 4.79 Å². The molecule has 0 bridgehead atoms. The molecule has 0 spiro atoms. The Balaban J connectivity index is 1.84. The molecule has 4 heteroatoms. The molecule has 2 rings (SSSR count). The van der Waals surface area contributed by atoms with Gasteiger partial charge >= 0.3 is 0 Å². The van der Waals surface area contributed by atoms with Gasteiger partial charge in [0.1, 0.15) is 0 Å². The molecule has 15 heavy (non-hydrogen) atoms. The summed E-state index contributed by atoms with van der Waals surface area (Å²) >= 11 is 0. The number of likely N-dealkylation sites (N-methyl/N-ethyl adjacent to an activating group) is 1. The van der Waals surface area contributed by atoms with Crippen LogP contribution in [0.3, 0.4) is 0 Å². The summed E-state index contributed by atoms with van der Waals surface area (Å²) in [6.07, 6.45) is 2.16. The molecule has 0 aliphatic carbocycles. The fraction of sp³-hybridized carbons (Fsp3) is 0.909. The first-order chi connectivity index (χ1) is 7.27. The van der Waals surface area contributed by atoms with Crippen LogP contribution in [0.5, 0.6) is 0 Å². The van der Waals surface area contributed by atoms with E-state index in [0.717, 1.165) is 52.1 Å². The lowest BCUT2D eigenvalue weighted by Crippen LogP contribution is -3.12. The number of quaternary nitrogens is 2. The zero-order valence-electron chi connectivity index (χ0n) is 9.67. The highest BCUT2D eigenvalue weighted by molar-refractivity contribution is 5.78. The molecule has 3 N–H and O–H groups in total. The molecule has 0 aromatic rings. The van der Waals surface area contributed by atoms with Crippen molar-refractivity contribution in [3.05, 3.63) is 0 Å². The van der Waals surface area contributed by atoms with E-state index < -0.39 is 0 Å². The normalized spacial score (nSPS) is 25.5. The van der Waals surface area contributed by atoms with E-state index in [1.54, 1.807) is 4.90 Å². The van der Waals surface area contributed by atoms with Crippen LogP contribution in [0, 0.1) is 5.92 Å². The maximum Gasteiger partial charge on any atom is 0.226 e. The van der Waals surface area contributed by atoms with E-state index in [1.165, 1.54) is 0 Å². The topological polar surface area (TPSA) is 41.4 Å². The number of nitrogens with one attached hydrogen (secondary N) is 1. The maximum atomic E-state index is 12.2. The Hall–Kier alpha value is -0.610. The van der Waals surface area contributed by atoms with Crippen LogP contribution in [-0.4, -0.2) is 57.1 Å². The SMILES string of the molecule is C[NH+]1CCN(C(=O)C2CC[NH2+]CC2)CC1. The van der Waals surface area contributed by atoms with Crippen molar-refractivity contribution in [2.24, 2.45) is 5.92 Å². The van der Waals surface area contributed by atoms with Gasteiger partial charge in [0.2, 0.25) is 5.91 Å². The zero-order valence-corrected chi connectivity index (χ0v) is 9.67. The van der Waals surface area contributed by atoms with Crippen molar-refractivity contribution in [2.45, 2.75) is 12.8 Å². The van der Waals surface area contributed by atoms with Crippen molar-refractivity contribution in [1.82, 2.24) is 4.90 Å². The van der Waals surface area contributed by atoms with E-state index in [4.69, 9.17) is 0 Å². The lowest BCUT2D eigenvalue weighted by Gasteiger charge is -2.33. The summed E-state index contributed by atoms with van der Waals surface area (Å²) in [6.45, 7) is 6.43. The lowest BCUT2D eigenvalue weighted by atomic mass is 9.96. The monoisotopic (exact) mass is 213 g/mol. The van der Waals surface area contributed by atoms with Gasteiger partial charge in [0.15, 0.2) is 0 Å². The highest BCUT2D eigenvalue weighted by Gasteiger charge is 2.29. The van der Waals surface area contributed by atoms with Crippen LogP contribution in [0.25, 0.3) is 0 Å². The van der Waals surface area contributed by atoms with Crippen LogP contribution >= 0.6 is 0 Å². The van der Waals surface area contributed by atoms with Gasteiger partial charge in [0, 0.05) is 18.8 Å². The Kier molecular flexibility index (Phi) is 3.59. The van der Waals surface area contributed by atoms with Crippen LogP contribution in [0.15, 0.2) is 0 Å². The standard InChI is InChI=1S/C11H21N3O/c1-13-6-8-14(9-7-13)11(15)10-2-4-12-5-3-10/h10,12H,2-9H2,1H3/p+2. The van der Waals surface area contributed by atoms with Crippen molar-refractivity contribution in [2.75, 3.05) is 46.3 Å². The molecule has 2 aliphatic heterocycles. The van der Waals surface area contributed by atoms with Gasteiger partial charge < -0.3 is 15.1 Å². The molecule has 0 atom stereocenters. The number of piperidine rings is 1. The number of hydrogen-bond donors (Lipinski definition) is 2. The van der Waals surface area contributed by atoms with Gasteiger partial charge in [-0.3, -0.25) is 4.79 Å². The highest BCUT2D eigenvalue weighted by atomic mass is 16.2. The molecule has 2 heterocycles. The minimum atomic E-state index is 0.327. The minimum absolute atomic E-state index is 0.327. The van der Waals surface area contributed by atoms with Gasteiger partial charge in [-0.2, -0.15) is 0 Å². The fourth-order valence-electron chi connectivity index (χ4n) is 2.54. The first-order valence-electron chi connectivity index (χ1n) is 6.19. The summed E-state index contributed by atoms with van der Waals surface area (Å²) in [4.78, 5) is 15.8. The van der Waals surface area contributed by atoms with Crippen LogP contribution in [0.4, 0.5) is 0 Å². The predicted octanol–water partition coefficient (Wildman–Crippen LogP) is -2.68. The molecule has 0 aromatic heterocycles. The quantitative estimate of drug-likeness (QED) is 0.490. The second kappa shape index (κ2) is 4.94. The third-order valence-electron chi connectivity index (χ3n) is 3.72. The Morgan fingerprint density at radius 2 is 1.87 bits per heavy atom. The van der Waals surface area contributed by atoms with Crippen molar-refractivity contribution in [1.29, 1.82) is 0 Å².